The first-order chi connectivity index (χ1) is 8.38. The van der Waals surface area contributed by atoms with E-state index in [1.165, 1.54) is 77.9 Å². The fourth-order valence-corrected chi connectivity index (χ4v) is 2.56. The van der Waals surface area contributed by atoms with Crippen LogP contribution in [0.2, 0.25) is 0 Å². The van der Waals surface area contributed by atoms with Crippen LogP contribution in [-0.4, -0.2) is 61.7 Å². The van der Waals surface area contributed by atoms with Crippen molar-refractivity contribution in [2.75, 3.05) is 45.8 Å². The van der Waals surface area contributed by atoms with Crippen molar-refractivity contribution in [3.8, 4) is 0 Å². The fraction of sp³-hybridized carbons (Fsp3) is 1.00. The molecule has 0 atom stereocenters. The Bertz CT molecular complexity index is 196. The van der Waals surface area contributed by atoms with E-state index < -0.39 is 0 Å². The summed E-state index contributed by atoms with van der Waals surface area (Å²) in [6, 6.07) is 0.886. The highest BCUT2D eigenvalue weighted by atomic mass is 15.3. The zero-order chi connectivity index (χ0) is 11.9. The maximum atomic E-state index is 3.59. The molecule has 1 saturated carbocycles. The van der Waals surface area contributed by atoms with Gasteiger partial charge in [0.2, 0.25) is 0 Å². The molecule has 0 amide bonds. The van der Waals surface area contributed by atoms with E-state index in [0.29, 0.717) is 0 Å². The Morgan fingerprint density at radius 2 is 1.65 bits per heavy atom. The standard InChI is InChI=1S/C14H29N3/c1-2-16-10-12-17(13-11-16)9-5-3-4-8-15-14-6-7-14/h14-15H,2-13H2,1H3. The Kier molecular flexibility index (Phi) is 5.75. The molecule has 1 aliphatic carbocycles. The van der Waals surface area contributed by atoms with Crippen LogP contribution in [0.5, 0.6) is 0 Å². The number of piperazine rings is 1. The SMILES string of the molecule is CCN1CCN(CCCCCNC2CC2)CC1. The second-order valence-corrected chi connectivity index (χ2v) is 5.56. The molecule has 0 aromatic rings. The van der Waals surface area contributed by atoms with Crippen LogP contribution in [0.25, 0.3) is 0 Å². The molecule has 0 radical (unpaired) electrons. The molecule has 2 rings (SSSR count). The van der Waals surface area contributed by atoms with Gasteiger partial charge in [-0.15, -0.1) is 0 Å². The van der Waals surface area contributed by atoms with Crippen molar-refractivity contribution in [2.24, 2.45) is 0 Å². The molecular formula is C14H29N3. The third-order valence-corrected chi connectivity index (χ3v) is 4.07. The van der Waals surface area contributed by atoms with Crippen LogP contribution in [0.1, 0.15) is 39.0 Å². The quantitative estimate of drug-likeness (QED) is 0.648. The van der Waals surface area contributed by atoms with Gasteiger partial charge in [0.05, 0.1) is 0 Å². The van der Waals surface area contributed by atoms with Crippen LogP contribution in [0.3, 0.4) is 0 Å². The predicted molar refractivity (Wildman–Crippen MR) is 73.4 cm³/mol. The maximum absolute atomic E-state index is 3.59. The normalized spacial score (nSPS) is 23.1. The minimum absolute atomic E-state index is 0.886. The van der Waals surface area contributed by atoms with Gasteiger partial charge >= 0.3 is 0 Å². The third kappa shape index (κ3) is 5.36. The average molecular weight is 239 g/mol. The predicted octanol–water partition coefficient (Wildman–Crippen LogP) is 1.55. The van der Waals surface area contributed by atoms with Gasteiger partial charge in [0, 0.05) is 32.2 Å². The van der Waals surface area contributed by atoms with E-state index in [4.69, 9.17) is 0 Å². The first-order valence-electron chi connectivity index (χ1n) is 7.56. The van der Waals surface area contributed by atoms with E-state index in [0.717, 1.165) is 6.04 Å². The molecule has 0 bridgehead atoms. The van der Waals surface area contributed by atoms with Crippen LogP contribution in [0, 0.1) is 0 Å². The molecule has 100 valence electrons. The Hall–Kier alpha value is -0.120. The average Bonchev–Trinajstić information content (AvgIpc) is 3.18. The Morgan fingerprint density at radius 1 is 0.941 bits per heavy atom. The van der Waals surface area contributed by atoms with Crippen molar-refractivity contribution in [2.45, 2.75) is 45.1 Å². The zero-order valence-electron chi connectivity index (χ0n) is 11.5. The molecule has 2 aliphatic rings. The van der Waals surface area contributed by atoms with Crippen molar-refractivity contribution in [3.05, 3.63) is 0 Å². The highest BCUT2D eigenvalue weighted by Gasteiger charge is 2.19. The highest BCUT2D eigenvalue weighted by Crippen LogP contribution is 2.18. The molecule has 0 aromatic carbocycles. The van der Waals surface area contributed by atoms with E-state index in [1.54, 1.807) is 0 Å². The van der Waals surface area contributed by atoms with E-state index in [2.05, 4.69) is 22.0 Å². The third-order valence-electron chi connectivity index (χ3n) is 4.07. The lowest BCUT2D eigenvalue weighted by Crippen LogP contribution is -2.46. The second-order valence-electron chi connectivity index (χ2n) is 5.56. The molecule has 0 unspecified atom stereocenters. The summed E-state index contributed by atoms with van der Waals surface area (Å²) < 4.78 is 0. The molecule has 0 aromatic heterocycles. The molecule has 2 fully saturated rings. The van der Waals surface area contributed by atoms with E-state index in [9.17, 15) is 0 Å². The lowest BCUT2D eigenvalue weighted by Gasteiger charge is -2.33. The van der Waals surface area contributed by atoms with Crippen molar-refractivity contribution < 1.29 is 0 Å². The van der Waals surface area contributed by atoms with Crippen LogP contribution < -0.4 is 5.32 Å². The van der Waals surface area contributed by atoms with Crippen LogP contribution >= 0.6 is 0 Å². The number of rotatable bonds is 8. The van der Waals surface area contributed by atoms with Gasteiger partial charge in [-0.3, -0.25) is 0 Å². The van der Waals surface area contributed by atoms with Crippen molar-refractivity contribution in [3.63, 3.8) is 0 Å². The number of unbranched alkanes of at least 4 members (excludes halogenated alkanes) is 2. The van der Waals surface area contributed by atoms with E-state index in [1.807, 2.05) is 0 Å². The van der Waals surface area contributed by atoms with Gasteiger partial charge in [0.1, 0.15) is 0 Å². The van der Waals surface area contributed by atoms with Gasteiger partial charge < -0.3 is 15.1 Å². The highest BCUT2D eigenvalue weighted by molar-refractivity contribution is 4.80. The Labute approximate surface area is 107 Å². The molecule has 1 heterocycles. The van der Waals surface area contributed by atoms with Gasteiger partial charge in [0.15, 0.2) is 0 Å². The minimum atomic E-state index is 0.886. The second kappa shape index (κ2) is 7.34. The number of nitrogens with zero attached hydrogens (tertiary/aromatic N) is 2. The van der Waals surface area contributed by atoms with Gasteiger partial charge in [0.25, 0.3) is 0 Å². The van der Waals surface area contributed by atoms with Crippen LogP contribution in [0.15, 0.2) is 0 Å². The summed E-state index contributed by atoms with van der Waals surface area (Å²) >= 11 is 0. The first-order valence-corrected chi connectivity index (χ1v) is 7.56. The maximum Gasteiger partial charge on any atom is 0.0110 e. The summed E-state index contributed by atoms with van der Waals surface area (Å²) in [5, 5.41) is 3.59. The van der Waals surface area contributed by atoms with Gasteiger partial charge in [-0.1, -0.05) is 13.3 Å². The van der Waals surface area contributed by atoms with Gasteiger partial charge in [-0.25, -0.2) is 0 Å². The smallest absolute Gasteiger partial charge is 0.0110 e. The molecule has 3 heteroatoms. The van der Waals surface area contributed by atoms with E-state index in [-0.39, 0.29) is 0 Å². The number of hydrogen-bond acceptors (Lipinski definition) is 3. The molecule has 17 heavy (non-hydrogen) atoms. The van der Waals surface area contributed by atoms with Crippen LogP contribution in [-0.2, 0) is 0 Å². The van der Waals surface area contributed by atoms with Crippen molar-refractivity contribution >= 4 is 0 Å². The number of hydrogen-bond donors (Lipinski definition) is 1. The molecule has 1 aliphatic heterocycles. The number of likely N-dealkylation sites (N-methyl/N-ethyl adjacent to an activating group) is 1. The number of nitrogens with one attached hydrogen (secondary N) is 1. The zero-order valence-corrected chi connectivity index (χ0v) is 11.5. The molecule has 3 nitrogen and oxygen atoms in total. The summed E-state index contributed by atoms with van der Waals surface area (Å²) in [4.78, 5) is 5.19. The largest absolute Gasteiger partial charge is 0.314 e. The Balaban J connectivity index is 1.40. The summed E-state index contributed by atoms with van der Waals surface area (Å²) in [7, 11) is 0. The molecule has 1 N–H and O–H groups in total. The Morgan fingerprint density at radius 3 is 2.29 bits per heavy atom. The topological polar surface area (TPSA) is 18.5 Å². The summed E-state index contributed by atoms with van der Waals surface area (Å²) in [5.74, 6) is 0. The molecular weight excluding hydrogens is 210 g/mol. The monoisotopic (exact) mass is 239 g/mol. The lowest BCUT2D eigenvalue weighted by atomic mass is 10.2. The fourth-order valence-electron chi connectivity index (χ4n) is 2.56. The summed E-state index contributed by atoms with van der Waals surface area (Å²) in [6.07, 6.45) is 6.99. The van der Waals surface area contributed by atoms with Gasteiger partial charge in [-0.2, -0.15) is 0 Å². The van der Waals surface area contributed by atoms with E-state index >= 15 is 0 Å². The minimum Gasteiger partial charge on any atom is -0.314 e. The van der Waals surface area contributed by atoms with Crippen molar-refractivity contribution in [1.82, 2.24) is 15.1 Å². The molecule has 1 saturated heterocycles. The summed E-state index contributed by atoms with van der Waals surface area (Å²) in [6.45, 7) is 11.2. The van der Waals surface area contributed by atoms with Crippen LogP contribution in [0.4, 0.5) is 0 Å². The lowest BCUT2D eigenvalue weighted by molar-refractivity contribution is 0.135. The molecule has 0 spiro atoms. The summed E-state index contributed by atoms with van der Waals surface area (Å²) in [5.41, 5.74) is 0. The van der Waals surface area contributed by atoms with Crippen molar-refractivity contribution in [1.29, 1.82) is 0 Å². The first kappa shape index (κ1) is 13.3. The van der Waals surface area contributed by atoms with Gasteiger partial charge in [-0.05, 0) is 45.3 Å².